The minimum atomic E-state index is -3.24. The van der Waals surface area contributed by atoms with Crippen LogP contribution in [-0.4, -0.2) is 30.6 Å². The fourth-order valence-electron chi connectivity index (χ4n) is 2.65. The van der Waals surface area contributed by atoms with Gasteiger partial charge in [-0.25, -0.2) is 8.42 Å². The topological polar surface area (TPSA) is 78.2 Å². The Balaban J connectivity index is 2.29. The number of sulfone groups is 1. The van der Waals surface area contributed by atoms with Crippen molar-refractivity contribution in [2.24, 2.45) is 5.41 Å². The number of rotatable bonds is 3. The summed E-state index contributed by atoms with van der Waals surface area (Å²) >= 11 is 3.34. The van der Waals surface area contributed by atoms with E-state index in [1.807, 2.05) is 24.3 Å². The zero-order valence-corrected chi connectivity index (χ0v) is 13.5. The molecule has 0 amide bonds. The van der Waals surface area contributed by atoms with Crippen molar-refractivity contribution in [3.8, 4) is 6.07 Å². The van der Waals surface area contributed by atoms with Crippen LogP contribution in [0.25, 0.3) is 0 Å². The van der Waals surface area contributed by atoms with Gasteiger partial charge in [0.15, 0.2) is 9.84 Å². The zero-order chi connectivity index (χ0) is 15.0. The van der Waals surface area contributed by atoms with Crippen molar-refractivity contribution < 1.29 is 13.5 Å². The lowest BCUT2D eigenvalue weighted by molar-refractivity contribution is -0.0262. The van der Waals surface area contributed by atoms with Gasteiger partial charge in [-0.2, -0.15) is 5.26 Å². The Morgan fingerprint density at radius 3 is 2.50 bits per heavy atom. The predicted molar refractivity (Wildman–Crippen MR) is 79.8 cm³/mol. The summed E-state index contributed by atoms with van der Waals surface area (Å²) in [6, 6.07) is 9.49. The van der Waals surface area contributed by atoms with Crippen LogP contribution in [-0.2, 0) is 16.3 Å². The van der Waals surface area contributed by atoms with Gasteiger partial charge in [0.1, 0.15) is 5.41 Å². The van der Waals surface area contributed by atoms with E-state index in [0.29, 0.717) is 0 Å². The molecule has 1 aromatic carbocycles. The van der Waals surface area contributed by atoms with Gasteiger partial charge >= 0.3 is 0 Å². The van der Waals surface area contributed by atoms with E-state index in [4.69, 9.17) is 0 Å². The van der Waals surface area contributed by atoms with E-state index in [0.717, 1.165) is 10.0 Å². The van der Waals surface area contributed by atoms with Gasteiger partial charge in [-0.05, 0) is 31.0 Å². The Hall–Kier alpha value is -0.900. The number of aliphatic hydroxyl groups is 1. The molecule has 1 aliphatic heterocycles. The first kappa shape index (κ1) is 15.5. The summed E-state index contributed by atoms with van der Waals surface area (Å²) in [4.78, 5) is 0. The largest absolute Gasteiger partial charge is 0.388 e. The molecule has 0 aliphatic carbocycles. The van der Waals surface area contributed by atoms with Gasteiger partial charge in [0.2, 0.25) is 0 Å². The van der Waals surface area contributed by atoms with E-state index in [2.05, 4.69) is 22.0 Å². The van der Waals surface area contributed by atoms with E-state index < -0.39 is 20.9 Å². The Morgan fingerprint density at radius 1 is 1.45 bits per heavy atom. The molecule has 0 aromatic heterocycles. The number of nitrogens with zero attached hydrogens (tertiary/aromatic N) is 1. The average molecular weight is 358 g/mol. The molecule has 0 saturated carbocycles. The lowest BCUT2D eigenvalue weighted by atomic mass is 9.70. The van der Waals surface area contributed by atoms with Gasteiger partial charge in [0, 0.05) is 10.9 Å². The first-order valence-corrected chi connectivity index (χ1v) is 8.90. The van der Waals surface area contributed by atoms with Crippen molar-refractivity contribution in [3.63, 3.8) is 0 Å². The average Bonchev–Trinajstić information content (AvgIpc) is 2.69. The van der Waals surface area contributed by atoms with E-state index >= 15 is 0 Å². The summed E-state index contributed by atoms with van der Waals surface area (Å²) < 4.78 is 24.3. The Morgan fingerprint density at radius 2 is 2.05 bits per heavy atom. The maximum Gasteiger partial charge on any atom is 0.152 e. The molecule has 1 saturated heterocycles. The Labute approximate surface area is 127 Å². The van der Waals surface area contributed by atoms with Crippen LogP contribution < -0.4 is 0 Å². The minimum Gasteiger partial charge on any atom is -0.388 e. The predicted octanol–water partition coefficient (Wildman–Crippen LogP) is 2.07. The first-order chi connectivity index (χ1) is 9.20. The number of hydrogen-bond acceptors (Lipinski definition) is 4. The second kappa shape index (κ2) is 5.14. The molecule has 0 bridgehead atoms. The molecule has 0 radical (unpaired) electrons. The van der Waals surface area contributed by atoms with Gasteiger partial charge in [-0.15, -0.1) is 0 Å². The molecule has 2 unspecified atom stereocenters. The number of hydrogen-bond donors (Lipinski definition) is 1. The van der Waals surface area contributed by atoms with Crippen molar-refractivity contribution in [1.29, 1.82) is 5.26 Å². The SMILES string of the molecule is CC(O)(Cc1ccc(Br)cc1)C1(C#N)CCS(=O)(=O)C1. The molecule has 1 aromatic rings. The van der Waals surface area contributed by atoms with Crippen LogP contribution in [0.1, 0.15) is 18.9 Å². The van der Waals surface area contributed by atoms with Crippen molar-refractivity contribution in [2.45, 2.75) is 25.4 Å². The van der Waals surface area contributed by atoms with Crippen LogP contribution in [0, 0.1) is 16.7 Å². The van der Waals surface area contributed by atoms with Crippen molar-refractivity contribution >= 4 is 25.8 Å². The zero-order valence-electron chi connectivity index (χ0n) is 11.1. The molecule has 1 N–H and O–H groups in total. The third-order valence-corrected chi connectivity index (χ3v) is 6.30. The van der Waals surface area contributed by atoms with Crippen molar-refractivity contribution in [3.05, 3.63) is 34.3 Å². The van der Waals surface area contributed by atoms with Crippen LogP contribution >= 0.6 is 15.9 Å². The Bertz CT molecular complexity index is 646. The molecule has 1 fully saturated rings. The molecule has 1 aliphatic rings. The van der Waals surface area contributed by atoms with E-state index in [1.54, 1.807) is 6.92 Å². The number of benzene rings is 1. The molecule has 2 rings (SSSR count). The first-order valence-electron chi connectivity index (χ1n) is 6.28. The smallest absolute Gasteiger partial charge is 0.152 e. The van der Waals surface area contributed by atoms with Gasteiger partial charge < -0.3 is 5.11 Å². The fraction of sp³-hybridized carbons (Fsp3) is 0.500. The molecule has 0 spiro atoms. The molecule has 2 atom stereocenters. The van der Waals surface area contributed by atoms with Crippen LogP contribution in [0.3, 0.4) is 0 Å². The molecule has 4 nitrogen and oxygen atoms in total. The normalized spacial score (nSPS) is 27.7. The van der Waals surface area contributed by atoms with E-state index in [1.165, 1.54) is 0 Å². The summed E-state index contributed by atoms with van der Waals surface area (Å²) in [7, 11) is -3.24. The lowest BCUT2D eigenvalue weighted by Gasteiger charge is -2.36. The van der Waals surface area contributed by atoms with E-state index in [-0.39, 0.29) is 24.3 Å². The summed E-state index contributed by atoms with van der Waals surface area (Å²) in [5.74, 6) is -0.295. The third-order valence-electron chi connectivity index (χ3n) is 4.01. The standard InChI is InChI=1S/C14H16BrNO3S/c1-13(17,8-11-2-4-12(15)5-3-11)14(9-16)6-7-20(18,19)10-14/h2-5,17H,6-8,10H2,1H3. The summed E-state index contributed by atoms with van der Waals surface area (Å²) in [6.07, 6.45) is 0.443. The van der Waals surface area contributed by atoms with Gasteiger partial charge in [-0.1, -0.05) is 28.1 Å². The van der Waals surface area contributed by atoms with Crippen molar-refractivity contribution in [1.82, 2.24) is 0 Å². The summed E-state index contributed by atoms with van der Waals surface area (Å²) in [5, 5.41) is 20.1. The number of halogens is 1. The quantitative estimate of drug-likeness (QED) is 0.897. The fourth-order valence-corrected chi connectivity index (χ4v) is 4.99. The van der Waals surface area contributed by atoms with Crippen molar-refractivity contribution in [2.75, 3.05) is 11.5 Å². The molecule has 20 heavy (non-hydrogen) atoms. The second-order valence-corrected chi connectivity index (χ2v) is 8.71. The van der Waals surface area contributed by atoms with E-state index in [9.17, 15) is 18.8 Å². The minimum absolute atomic E-state index is 0.0307. The molecular weight excluding hydrogens is 342 g/mol. The highest BCUT2D eigenvalue weighted by Gasteiger charge is 2.54. The molecular formula is C14H16BrNO3S. The summed E-state index contributed by atoms with van der Waals surface area (Å²) in [5.41, 5.74) is -1.73. The maximum atomic E-state index is 11.7. The molecule has 108 valence electrons. The van der Waals surface area contributed by atoms with Gasteiger partial charge in [-0.3, -0.25) is 0 Å². The van der Waals surface area contributed by atoms with Gasteiger partial charge in [0.05, 0.1) is 23.2 Å². The summed E-state index contributed by atoms with van der Waals surface area (Å²) in [6.45, 7) is 1.55. The van der Waals surface area contributed by atoms with Crippen LogP contribution in [0.2, 0.25) is 0 Å². The second-order valence-electron chi connectivity index (χ2n) is 5.61. The molecule has 6 heteroatoms. The van der Waals surface area contributed by atoms with Gasteiger partial charge in [0.25, 0.3) is 0 Å². The van der Waals surface area contributed by atoms with Crippen LogP contribution in [0.4, 0.5) is 0 Å². The van der Waals surface area contributed by atoms with Crippen LogP contribution in [0.15, 0.2) is 28.7 Å². The highest BCUT2D eigenvalue weighted by atomic mass is 79.9. The highest BCUT2D eigenvalue weighted by molar-refractivity contribution is 9.10. The lowest BCUT2D eigenvalue weighted by Crippen LogP contribution is -2.47. The molecule has 1 heterocycles. The maximum absolute atomic E-state index is 11.7. The monoisotopic (exact) mass is 357 g/mol. The third kappa shape index (κ3) is 2.90. The Kier molecular flexibility index (Phi) is 3.98. The highest BCUT2D eigenvalue weighted by Crippen LogP contribution is 2.43. The number of nitriles is 1. The van der Waals surface area contributed by atoms with Crippen LogP contribution in [0.5, 0.6) is 0 Å².